The minimum atomic E-state index is -0.472. The Morgan fingerprint density at radius 1 is 1.16 bits per heavy atom. The lowest BCUT2D eigenvalue weighted by Crippen LogP contribution is -2.64. The van der Waals surface area contributed by atoms with Gasteiger partial charge in [-0.25, -0.2) is 4.39 Å². The minimum Gasteiger partial charge on any atom is -0.493 e. The third kappa shape index (κ3) is 4.22. The molecule has 2 N–H and O–H groups in total. The molecule has 0 amide bonds. The van der Waals surface area contributed by atoms with Crippen molar-refractivity contribution in [3.63, 3.8) is 0 Å². The molecule has 0 aromatic heterocycles. The van der Waals surface area contributed by atoms with Crippen LogP contribution in [0.25, 0.3) is 0 Å². The molecule has 166 valence electrons. The molecular formula is C25H29BrFNO3. The highest BCUT2D eigenvalue weighted by Gasteiger charge is 2.56. The number of aliphatic hydroxyl groups is 1. The second-order valence-electron chi connectivity index (χ2n) is 9.81. The summed E-state index contributed by atoms with van der Waals surface area (Å²) >= 11 is 3.61. The Hall–Kier alpha value is -1.63. The monoisotopic (exact) mass is 489 g/mol. The summed E-state index contributed by atoms with van der Waals surface area (Å²) in [5.74, 6) is 2.20. The van der Waals surface area contributed by atoms with Gasteiger partial charge >= 0.3 is 0 Å². The molecule has 4 fully saturated rings. The number of benzene rings is 2. The largest absolute Gasteiger partial charge is 0.493 e. The fourth-order valence-corrected chi connectivity index (χ4v) is 7.10. The van der Waals surface area contributed by atoms with E-state index in [1.54, 1.807) is 25.3 Å². The summed E-state index contributed by atoms with van der Waals surface area (Å²) in [5.41, 5.74) is 1.16. The molecule has 6 rings (SSSR count). The zero-order valence-electron chi connectivity index (χ0n) is 17.8. The van der Waals surface area contributed by atoms with Gasteiger partial charge in [-0.05, 0) is 90.1 Å². The Morgan fingerprint density at radius 2 is 1.90 bits per heavy atom. The van der Waals surface area contributed by atoms with Crippen molar-refractivity contribution in [2.24, 2.45) is 11.8 Å². The van der Waals surface area contributed by atoms with Crippen LogP contribution in [0.1, 0.15) is 49.7 Å². The fraction of sp³-hybridized carbons (Fsp3) is 0.520. The van der Waals surface area contributed by atoms with Crippen molar-refractivity contribution in [3.8, 4) is 11.5 Å². The van der Waals surface area contributed by atoms with Crippen molar-refractivity contribution in [2.45, 2.75) is 62.8 Å². The summed E-state index contributed by atoms with van der Waals surface area (Å²) in [6, 6.07) is 10.6. The maximum atomic E-state index is 13.9. The molecular weight excluding hydrogens is 461 g/mol. The average Bonchev–Trinajstić information content (AvgIpc) is 2.70. The van der Waals surface area contributed by atoms with Crippen LogP contribution in [0.5, 0.6) is 11.5 Å². The average molecular weight is 490 g/mol. The van der Waals surface area contributed by atoms with E-state index in [0.29, 0.717) is 35.4 Å². The Morgan fingerprint density at radius 3 is 2.58 bits per heavy atom. The first-order valence-electron chi connectivity index (χ1n) is 11.1. The van der Waals surface area contributed by atoms with E-state index in [9.17, 15) is 9.50 Å². The zero-order valence-corrected chi connectivity index (χ0v) is 19.4. The molecule has 31 heavy (non-hydrogen) atoms. The summed E-state index contributed by atoms with van der Waals surface area (Å²) in [6.07, 6.45) is 6.40. The first-order valence-corrected chi connectivity index (χ1v) is 11.9. The highest BCUT2D eigenvalue weighted by molar-refractivity contribution is 9.10. The highest BCUT2D eigenvalue weighted by Crippen LogP contribution is 2.57. The first kappa shape index (κ1) is 21.2. The molecule has 0 heterocycles. The maximum absolute atomic E-state index is 13.9. The van der Waals surface area contributed by atoms with Gasteiger partial charge in [0, 0.05) is 17.6 Å². The van der Waals surface area contributed by atoms with Crippen LogP contribution in [0.3, 0.4) is 0 Å². The molecule has 0 radical (unpaired) electrons. The number of halogens is 2. The van der Waals surface area contributed by atoms with Crippen molar-refractivity contribution < 1.29 is 19.0 Å². The molecule has 4 aliphatic carbocycles. The molecule has 0 aliphatic heterocycles. The molecule has 2 atom stereocenters. The van der Waals surface area contributed by atoms with Gasteiger partial charge in [0.15, 0.2) is 11.5 Å². The number of rotatable bonds is 7. The number of nitrogens with one attached hydrogen (secondary N) is 1. The van der Waals surface area contributed by atoms with Gasteiger partial charge in [-0.2, -0.15) is 0 Å². The summed E-state index contributed by atoms with van der Waals surface area (Å²) in [6.45, 7) is 0.835. The highest BCUT2D eigenvalue weighted by atomic mass is 79.9. The van der Waals surface area contributed by atoms with Crippen LogP contribution in [0.4, 0.5) is 4.39 Å². The van der Waals surface area contributed by atoms with Crippen molar-refractivity contribution in [1.82, 2.24) is 5.32 Å². The molecule has 4 saturated carbocycles. The molecule has 4 bridgehead atoms. The minimum absolute atomic E-state index is 0.0402. The maximum Gasteiger partial charge on any atom is 0.175 e. The number of hydrogen-bond acceptors (Lipinski definition) is 4. The Labute approximate surface area is 191 Å². The van der Waals surface area contributed by atoms with Gasteiger partial charge in [0.2, 0.25) is 0 Å². The molecule has 0 saturated heterocycles. The molecule has 2 unspecified atom stereocenters. The van der Waals surface area contributed by atoms with Gasteiger partial charge < -0.3 is 19.9 Å². The SMILES string of the molecule is COc1cc(CNC23CC4CC(CC(O)(C4)C2)C3)cc(Br)c1OCc1ccccc1F. The van der Waals surface area contributed by atoms with Gasteiger partial charge in [0.25, 0.3) is 0 Å². The number of ether oxygens (including phenoxy) is 2. The first-order chi connectivity index (χ1) is 14.9. The van der Waals surface area contributed by atoms with Crippen LogP contribution in [-0.4, -0.2) is 23.4 Å². The Kier molecular flexibility index (Phi) is 5.51. The zero-order chi connectivity index (χ0) is 21.6. The number of hydrogen-bond donors (Lipinski definition) is 2. The van der Waals surface area contributed by atoms with Crippen LogP contribution in [-0.2, 0) is 13.2 Å². The standard InChI is InChI=1S/C25H29BrFNO3/c1-30-22-8-16(7-20(26)23(22)31-14-19-4-2-3-5-21(19)27)13-28-24-9-17-6-18(10-24)12-25(29,11-17)15-24/h2-5,7-8,17-18,28-29H,6,9-15H2,1H3. The second kappa shape index (κ2) is 8.05. The summed E-state index contributed by atoms with van der Waals surface area (Å²) < 4.78 is 26.2. The van der Waals surface area contributed by atoms with E-state index in [2.05, 4.69) is 21.2 Å². The third-order valence-electron chi connectivity index (χ3n) is 7.32. The Bertz CT molecular complexity index is 967. The third-order valence-corrected chi connectivity index (χ3v) is 7.91. The second-order valence-corrected chi connectivity index (χ2v) is 10.7. The van der Waals surface area contributed by atoms with E-state index in [1.807, 2.05) is 12.1 Å². The lowest BCUT2D eigenvalue weighted by molar-refractivity contribution is -0.142. The van der Waals surface area contributed by atoms with E-state index in [-0.39, 0.29) is 18.0 Å². The van der Waals surface area contributed by atoms with Crippen molar-refractivity contribution in [2.75, 3.05) is 7.11 Å². The Balaban J connectivity index is 1.30. The predicted octanol–water partition coefficient (Wildman–Crippen LogP) is 5.35. The van der Waals surface area contributed by atoms with Gasteiger partial charge in [-0.15, -0.1) is 0 Å². The molecule has 2 aromatic carbocycles. The number of methoxy groups -OCH3 is 1. The molecule has 2 aromatic rings. The smallest absolute Gasteiger partial charge is 0.175 e. The summed E-state index contributed by atoms with van der Waals surface area (Å²) in [4.78, 5) is 0. The lowest BCUT2D eigenvalue weighted by Gasteiger charge is -2.60. The van der Waals surface area contributed by atoms with E-state index >= 15 is 0 Å². The van der Waals surface area contributed by atoms with Crippen LogP contribution in [0.15, 0.2) is 40.9 Å². The van der Waals surface area contributed by atoms with Crippen LogP contribution >= 0.6 is 15.9 Å². The van der Waals surface area contributed by atoms with Gasteiger partial charge in [-0.3, -0.25) is 0 Å². The fourth-order valence-electron chi connectivity index (χ4n) is 6.49. The van der Waals surface area contributed by atoms with Crippen LogP contribution < -0.4 is 14.8 Å². The molecule has 4 nitrogen and oxygen atoms in total. The van der Waals surface area contributed by atoms with E-state index in [1.165, 1.54) is 12.5 Å². The van der Waals surface area contributed by atoms with Crippen LogP contribution in [0, 0.1) is 17.7 Å². The van der Waals surface area contributed by atoms with E-state index < -0.39 is 5.60 Å². The van der Waals surface area contributed by atoms with Gasteiger partial charge in [0.05, 0.1) is 17.2 Å². The normalized spacial score (nSPS) is 31.1. The summed E-state index contributed by atoms with van der Waals surface area (Å²) in [7, 11) is 1.61. The molecule has 4 aliphatic rings. The van der Waals surface area contributed by atoms with Crippen LogP contribution in [0.2, 0.25) is 0 Å². The van der Waals surface area contributed by atoms with Crippen molar-refractivity contribution >= 4 is 15.9 Å². The lowest BCUT2D eigenvalue weighted by atomic mass is 9.51. The van der Waals surface area contributed by atoms with E-state index in [0.717, 1.165) is 42.1 Å². The van der Waals surface area contributed by atoms with Crippen molar-refractivity contribution in [1.29, 1.82) is 0 Å². The van der Waals surface area contributed by atoms with E-state index in [4.69, 9.17) is 9.47 Å². The van der Waals surface area contributed by atoms with Gasteiger partial charge in [0.1, 0.15) is 12.4 Å². The quantitative estimate of drug-likeness (QED) is 0.550. The molecule has 0 spiro atoms. The molecule has 6 heteroatoms. The van der Waals surface area contributed by atoms with Gasteiger partial charge in [-0.1, -0.05) is 18.2 Å². The van der Waals surface area contributed by atoms with Crippen molar-refractivity contribution in [3.05, 3.63) is 57.8 Å². The predicted molar refractivity (Wildman–Crippen MR) is 121 cm³/mol. The summed E-state index contributed by atoms with van der Waals surface area (Å²) in [5, 5.41) is 14.8. The topological polar surface area (TPSA) is 50.7 Å².